The SMILES string of the molecule is Cc1ccc(Cc2nnc(SCC(=O)Nc3ccc(Cl)c(Cl)c3)[nH]c2=O)cc1. The Labute approximate surface area is 175 Å². The summed E-state index contributed by atoms with van der Waals surface area (Å²) in [6.07, 6.45) is 0.394. The van der Waals surface area contributed by atoms with Crippen LogP contribution in [0.5, 0.6) is 0 Å². The number of nitrogens with zero attached hydrogens (tertiary/aromatic N) is 2. The number of aromatic nitrogens is 3. The van der Waals surface area contributed by atoms with Gasteiger partial charge >= 0.3 is 0 Å². The molecule has 6 nitrogen and oxygen atoms in total. The summed E-state index contributed by atoms with van der Waals surface area (Å²) in [5.74, 6) is -0.211. The van der Waals surface area contributed by atoms with E-state index >= 15 is 0 Å². The normalized spacial score (nSPS) is 10.7. The van der Waals surface area contributed by atoms with E-state index in [9.17, 15) is 9.59 Å². The number of carbonyl (C=O) groups excluding carboxylic acids is 1. The van der Waals surface area contributed by atoms with Crippen molar-refractivity contribution in [3.63, 3.8) is 0 Å². The topological polar surface area (TPSA) is 87.7 Å². The number of benzene rings is 2. The summed E-state index contributed by atoms with van der Waals surface area (Å²) in [5, 5.41) is 11.7. The molecule has 0 aliphatic rings. The van der Waals surface area contributed by atoms with Crippen molar-refractivity contribution in [2.45, 2.75) is 18.5 Å². The van der Waals surface area contributed by atoms with E-state index in [1.54, 1.807) is 18.2 Å². The van der Waals surface area contributed by atoms with Gasteiger partial charge in [-0.2, -0.15) is 0 Å². The molecule has 3 aromatic rings. The lowest BCUT2D eigenvalue weighted by atomic mass is 10.1. The van der Waals surface area contributed by atoms with E-state index in [2.05, 4.69) is 20.5 Å². The van der Waals surface area contributed by atoms with Crippen LogP contribution in [0.4, 0.5) is 5.69 Å². The number of anilines is 1. The van der Waals surface area contributed by atoms with Gasteiger partial charge in [0.15, 0.2) is 5.16 Å². The van der Waals surface area contributed by atoms with Crippen LogP contribution < -0.4 is 10.9 Å². The van der Waals surface area contributed by atoms with Crippen molar-refractivity contribution in [1.29, 1.82) is 0 Å². The van der Waals surface area contributed by atoms with Crippen LogP contribution in [0.15, 0.2) is 52.4 Å². The van der Waals surface area contributed by atoms with Crippen LogP contribution in [-0.4, -0.2) is 26.8 Å². The van der Waals surface area contributed by atoms with Gasteiger partial charge in [0.05, 0.1) is 15.8 Å². The summed E-state index contributed by atoms with van der Waals surface area (Å²) >= 11 is 12.9. The smallest absolute Gasteiger partial charge is 0.273 e. The summed E-state index contributed by atoms with van der Waals surface area (Å²) < 4.78 is 0. The van der Waals surface area contributed by atoms with Gasteiger partial charge in [-0.3, -0.25) is 14.6 Å². The zero-order valence-corrected chi connectivity index (χ0v) is 17.2. The fourth-order valence-corrected chi connectivity index (χ4v) is 3.23. The van der Waals surface area contributed by atoms with E-state index in [0.29, 0.717) is 27.8 Å². The molecule has 28 heavy (non-hydrogen) atoms. The molecule has 0 aliphatic carbocycles. The number of H-pyrrole nitrogens is 1. The molecular formula is C19H16Cl2N4O2S. The maximum atomic E-state index is 12.2. The summed E-state index contributed by atoms with van der Waals surface area (Å²) in [4.78, 5) is 26.9. The summed E-state index contributed by atoms with van der Waals surface area (Å²) in [5.41, 5.74) is 2.67. The summed E-state index contributed by atoms with van der Waals surface area (Å²) in [6, 6.07) is 12.7. The number of aromatic amines is 1. The number of hydrogen-bond acceptors (Lipinski definition) is 5. The Balaban J connectivity index is 1.58. The van der Waals surface area contributed by atoms with Crippen LogP contribution in [0, 0.1) is 6.92 Å². The molecule has 0 fully saturated rings. The molecule has 1 amide bonds. The third-order valence-electron chi connectivity index (χ3n) is 3.78. The molecular weight excluding hydrogens is 419 g/mol. The van der Waals surface area contributed by atoms with Gasteiger partial charge in [0.1, 0.15) is 5.69 Å². The second-order valence-corrected chi connectivity index (χ2v) is 7.81. The minimum atomic E-state index is -0.317. The molecule has 2 N–H and O–H groups in total. The Morgan fingerprint density at radius 2 is 1.86 bits per heavy atom. The monoisotopic (exact) mass is 434 g/mol. The van der Waals surface area contributed by atoms with Crippen LogP contribution >= 0.6 is 35.0 Å². The highest BCUT2D eigenvalue weighted by molar-refractivity contribution is 7.99. The average molecular weight is 435 g/mol. The fourth-order valence-electron chi connectivity index (χ4n) is 2.33. The molecule has 0 spiro atoms. The van der Waals surface area contributed by atoms with E-state index in [4.69, 9.17) is 23.2 Å². The Hall–Kier alpha value is -2.35. The van der Waals surface area contributed by atoms with E-state index in [-0.39, 0.29) is 22.4 Å². The van der Waals surface area contributed by atoms with Gasteiger partial charge in [-0.1, -0.05) is 64.8 Å². The van der Waals surface area contributed by atoms with Crippen molar-refractivity contribution in [3.8, 4) is 0 Å². The van der Waals surface area contributed by atoms with Gasteiger partial charge < -0.3 is 5.32 Å². The van der Waals surface area contributed by atoms with Gasteiger partial charge in [-0.15, -0.1) is 10.2 Å². The van der Waals surface area contributed by atoms with Gasteiger partial charge in [0, 0.05) is 12.1 Å². The van der Waals surface area contributed by atoms with Gasteiger partial charge in [0.25, 0.3) is 5.56 Å². The molecule has 0 radical (unpaired) electrons. The number of amides is 1. The van der Waals surface area contributed by atoms with E-state index < -0.39 is 0 Å². The van der Waals surface area contributed by atoms with Gasteiger partial charge in [-0.25, -0.2) is 0 Å². The standard InChI is InChI=1S/C19H16Cl2N4O2S/c1-11-2-4-12(5-3-11)8-16-18(27)23-19(25-24-16)28-10-17(26)22-13-6-7-14(20)15(21)9-13/h2-7,9H,8,10H2,1H3,(H,22,26)(H,23,25,27). The zero-order chi connectivity index (χ0) is 20.1. The van der Waals surface area contributed by atoms with E-state index in [0.717, 1.165) is 22.9 Å². The van der Waals surface area contributed by atoms with Crippen molar-refractivity contribution in [1.82, 2.24) is 15.2 Å². The molecule has 0 saturated heterocycles. The van der Waals surface area contributed by atoms with Crippen LogP contribution in [0.25, 0.3) is 0 Å². The fraction of sp³-hybridized carbons (Fsp3) is 0.158. The summed E-state index contributed by atoms with van der Waals surface area (Å²) in [7, 11) is 0. The second kappa shape index (κ2) is 9.23. The second-order valence-electron chi connectivity index (χ2n) is 6.03. The highest BCUT2D eigenvalue weighted by Crippen LogP contribution is 2.25. The Morgan fingerprint density at radius 1 is 1.11 bits per heavy atom. The Bertz CT molecular complexity index is 1050. The quantitative estimate of drug-likeness (QED) is 0.570. The molecule has 0 atom stereocenters. The molecule has 1 aromatic heterocycles. The van der Waals surface area contributed by atoms with Crippen molar-refractivity contribution < 1.29 is 4.79 Å². The maximum absolute atomic E-state index is 12.2. The van der Waals surface area contributed by atoms with Gasteiger partial charge in [-0.05, 0) is 30.7 Å². The third-order valence-corrected chi connectivity index (χ3v) is 5.38. The molecule has 3 rings (SSSR count). The van der Waals surface area contributed by atoms with Crippen molar-refractivity contribution in [2.24, 2.45) is 0 Å². The summed E-state index contributed by atoms with van der Waals surface area (Å²) in [6.45, 7) is 2.00. The van der Waals surface area contributed by atoms with Crippen LogP contribution in [0.3, 0.4) is 0 Å². The number of hydrogen-bond donors (Lipinski definition) is 2. The first-order valence-electron chi connectivity index (χ1n) is 8.30. The minimum absolute atomic E-state index is 0.0577. The lowest BCUT2D eigenvalue weighted by Crippen LogP contribution is -2.19. The number of carbonyl (C=O) groups is 1. The number of thioether (sulfide) groups is 1. The van der Waals surface area contributed by atoms with E-state index in [1.165, 1.54) is 0 Å². The predicted molar refractivity (Wildman–Crippen MR) is 112 cm³/mol. The van der Waals surface area contributed by atoms with Crippen LogP contribution in [0.1, 0.15) is 16.8 Å². The zero-order valence-electron chi connectivity index (χ0n) is 14.8. The molecule has 1 heterocycles. The Morgan fingerprint density at radius 3 is 2.54 bits per heavy atom. The predicted octanol–water partition coefficient (Wildman–Crippen LogP) is 4.10. The largest absolute Gasteiger partial charge is 0.325 e. The van der Waals surface area contributed by atoms with E-state index in [1.807, 2.05) is 31.2 Å². The molecule has 0 bridgehead atoms. The van der Waals surface area contributed by atoms with Crippen LogP contribution in [0.2, 0.25) is 10.0 Å². The maximum Gasteiger partial charge on any atom is 0.273 e. The van der Waals surface area contributed by atoms with Gasteiger partial charge in [0.2, 0.25) is 5.91 Å². The number of rotatable bonds is 6. The first-order valence-corrected chi connectivity index (χ1v) is 10.0. The highest BCUT2D eigenvalue weighted by atomic mass is 35.5. The van der Waals surface area contributed by atoms with Crippen LogP contribution in [-0.2, 0) is 11.2 Å². The molecule has 9 heteroatoms. The van der Waals surface area contributed by atoms with Crippen molar-refractivity contribution >= 4 is 46.6 Å². The number of halogens is 2. The molecule has 0 aliphatic heterocycles. The van der Waals surface area contributed by atoms with Crippen molar-refractivity contribution in [2.75, 3.05) is 11.1 Å². The molecule has 2 aromatic carbocycles. The third kappa shape index (κ3) is 5.58. The molecule has 144 valence electrons. The Kier molecular flexibility index (Phi) is 6.72. The average Bonchev–Trinajstić information content (AvgIpc) is 2.67. The number of aryl methyl sites for hydroxylation is 1. The first-order chi connectivity index (χ1) is 13.4. The lowest BCUT2D eigenvalue weighted by molar-refractivity contribution is -0.113. The first kappa shape index (κ1) is 20.4. The molecule has 0 unspecified atom stereocenters. The minimum Gasteiger partial charge on any atom is -0.325 e. The van der Waals surface area contributed by atoms with Crippen molar-refractivity contribution in [3.05, 3.63) is 79.7 Å². The molecule has 0 saturated carbocycles. The lowest BCUT2D eigenvalue weighted by Gasteiger charge is -2.06. The highest BCUT2D eigenvalue weighted by Gasteiger charge is 2.10. The number of nitrogens with one attached hydrogen (secondary N) is 2.